The average molecular weight is 275 g/mol. The van der Waals surface area contributed by atoms with Gasteiger partial charge in [-0.3, -0.25) is 4.79 Å². The Morgan fingerprint density at radius 1 is 1.40 bits per heavy atom. The van der Waals surface area contributed by atoms with Crippen LogP contribution in [0, 0.1) is 12.8 Å². The maximum Gasteiger partial charge on any atom is 0.253 e. The van der Waals surface area contributed by atoms with Crippen molar-refractivity contribution in [1.82, 2.24) is 10.2 Å². The van der Waals surface area contributed by atoms with Gasteiger partial charge in [-0.2, -0.15) is 0 Å². The van der Waals surface area contributed by atoms with E-state index in [0.29, 0.717) is 11.3 Å². The summed E-state index contributed by atoms with van der Waals surface area (Å²) in [6, 6.07) is 5.57. The van der Waals surface area contributed by atoms with E-state index in [1.54, 1.807) is 6.07 Å². The van der Waals surface area contributed by atoms with Gasteiger partial charge in [-0.05, 0) is 63.9 Å². The van der Waals surface area contributed by atoms with Gasteiger partial charge in [-0.15, -0.1) is 0 Å². The third kappa shape index (κ3) is 3.73. The molecular weight excluding hydrogens is 250 g/mol. The summed E-state index contributed by atoms with van der Waals surface area (Å²) in [5.41, 5.74) is 8.00. The lowest BCUT2D eigenvalue weighted by molar-refractivity contribution is 0.0949. The third-order valence-corrected chi connectivity index (χ3v) is 4.21. The van der Waals surface area contributed by atoms with E-state index in [1.165, 1.54) is 25.9 Å². The van der Waals surface area contributed by atoms with Crippen LogP contribution in [0.1, 0.15) is 35.2 Å². The van der Waals surface area contributed by atoms with Crippen molar-refractivity contribution in [3.05, 3.63) is 29.3 Å². The van der Waals surface area contributed by atoms with Crippen molar-refractivity contribution in [2.75, 3.05) is 32.4 Å². The zero-order chi connectivity index (χ0) is 14.5. The van der Waals surface area contributed by atoms with E-state index < -0.39 is 0 Å². The van der Waals surface area contributed by atoms with Gasteiger partial charge in [0.15, 0.2) is 0 Å². The number of nitrogens with two attached hydrogens (primary N) is 1. The van der Waals surface area contributed by atoms with E-state index in [-0.39, 0.29) is 5.91 Å². The van der Waals surface area contributed by atoms with Crippen LogP contribution in [-0.4, -0.2) is 37.5 Å². The van der Waals surface area contributed by atoms with Crippen LogP contribution in [0.4, 0.5) is 5.69 Å². The number of piperidine rings is 1. The summed E-state index contributed by atoms with van der Waals surface area (Å²) in [5.74, 6) is 0.689. The first kappa shape index (κ1) is 14.9. The van der Waals surface area contributed by atoms with Crippen molar-refractivity contribution < 1.29 is 4.79 Å². The second-order valence-electron chi connectivity index (χ2n) is 5.83. The molecule has 1 aliphatic heterocycles. The molecule has 1 amide bonds. The standard InChI is InChI=1S/C16H25N3O/c1-12-4-3-5-14(17)15(12)16(20)18-9-6-13-7-10-19(2)11-8-13/h3-5,13H,6-11,17H2,1-2H3,(H,18,20). The summed E-state index contributed by atoms with van der Waals surface area (Å²) >= 11 is 0. The van der Waals surface area contributed by atoms with E-state index >= 15 is 0 Å². The second kappa shape index (κ2) is 6.75. The molecule has 1 aromatic rings. The normalized spacial score (nSPS) is 17.1. The Morgan fingerprint density at radius 2 is 2.10 bits per heavy atom. The van der Waals surface area contributed by atoms with Crippen molar-refractivity contribution >= 4 is 11.6 Å². The van der Waals surface area contributed by atoms with Gasteiger partial charge in [-0.25, -0.2) is 0 Å². The molecule has 0 spiro atoms. The number of nitrogen functional groups attached to an aromatic ring is 1. The molecular formula is C16H25N3O. The van der Waals surface area contributed by atoms with Gasteiger partial charge in [0.25, 0.3) is 5.91 Å². The fourth-order valence-corrected chi connectivity index (χ4v) is 2.83. The first-order valence-corrected chi connectivity index (χ1v) is 7.39. The molecule has 2 rings (SSSR count). The Kier molecular flexibility index (Phi) is 5.01. The van der Waals surface area contributed by atoms with E-state index in [2.05, 4.69) is 17.3 Å². The second-order valence-corrected chi connectivity index (χ2v) is 5.83. The van der Waals surface area contributed by atoms with Gasteiger partial charge in [0.2, 0.25) is 0 Å². The molecule has 0 bridgehead atoms. The zero-order valence-corrected chi connectivity index (χ0v) is 12.5. The van der Waals surface area contributed by atoms with E-state index in [4.69, 9.17) is 5.73 Å². The van der Waals surface area contributed by atoms with Crippen LogP contribution < -0.4 is 11.1 Å². The molecule has 1 aromatic carbocycles. The monoisotopic (exact) mass is 275 g/mol. The number of carbonyl (C=O) groups excluding carboxylic acids is 1. The molecule has 0 radical (unpaired) electrons. The number of aryl methyl sites for hydroxylation is 1. The first-order valence-electron chi connectivity index (χ1n) is 7.39. The molecule has 0 aromatic heterocycles. The number of hydrogen-bond acceptors (Lipinski definition) is 3. The number of anilines is 1. The number of carbonyl (C=O) groups is 1. The smallest absolute Gasteiger partial charge is 0.253 e. The zero-order valence-electron chi connectivity index (χ0n) is 12.5. The predicted octanol–water partition coefficient (Wildman–Crippen LogP) is 2.04. The van der Waals surface area contributed by atoms with Gasteiger partial charge in [0.05, 0.1) is 5.56 Å². The highest BCUT2D eigenvalue weighted by Gasteiger charge is 2.17. The van der Waals surface area contributed by atoms with Crippen molar-refractivity contribution in [3.8, 4) is 0 Å². The Morgan fingerprint density at radius 3 is 2.75 bits per heavy atom. The molecule has 1 heterocycles. The number of likely N-dealkylation sites (tertiary alicyclic amines) is 1. The molecule has 3 N–H and O–H groups in total. The minimum Gasteiger partial charge on any atom is -0.398 e. The summed E-state index contributed by atoms with van der Waals surface area (Å²) in [4.78, 5) is 14.5. The van der Waals surface area contributed by atoms with Crippen LogP contribution >= 0.6 is 0 Å². The molecule has 4 nitrogen and oxygen atoms in total. The summed E-state index contributed by atoms with van der Waals surface area (Å²) in [7, 11) is 2.17. The fraction of sp³-hybridized carbons (Fsp3) is 0.562. The first-order chi connectivity index (χ1) is 9.58. The number of rotatable bonds is 4. The average Bonchev–Trinajstić information content (AvgIpc) is 2.41. The van der Waals surface area contributed by atoms with Crippen LogP contribution in [0.3, 0.4) is 0 Å². The molecule has 1 aliphatic rings. The number of amides is 1. The highest BCUT2D eigenvalue weighted by molar-refractivity contribution is 6.00. The molecule has 1 saturated heterocycles. The van der Waals surface area contributed by atoms with Gasteiger partial charge < -0.3 is 16.0 Å². The minimum atomic E-state index is -0.0477. The van der Waals surface area contributed by atoms with Crippen molar-refractivity contribution in [2.45, 2.75) is 26.2 Å². The minimum absolute atomic E-state index is 0.0477. The Balaban J connectivity index is 1.81. The van der Waals surface area contributed by atoms with Crippen molar-refractivity contribution in [1.29, 1.82) is 0 Å². The molecule has 110 valence electrons. The number of hydrogen-bond donors (Lipinski definition) is 2. The van der Waals surface area contributed by atoms with Crippen LogP contribution in [0.25, 0.3) is 0 Å². The van der Waals surface area contributed by atoms with Gasteiger partial charge >= 0.3 is 0 Å². The van der Waals surface area contributed by atoms with E-state index in [9.17, 15) is 4.79 Å². The molecule has 0 unspecified atom stereocenters. The van der Waals surface area contributed by atoms with Crippen molar-refractivity contribution in [2.24, 2.45) is 5.92 Å². The van der Waals surface area contributed by atoms with Crippen LogP contribution in [-0.2, 0) is 0 Å². The molecule has 20 heavy (non-hydrogen) atoms. The van der Waals surface area contributed by atoms with Gasteiger partial charge in [0, 0.05) is 12.2 Å². The lowest BCUT2D eigenvalue weighted by Gasteiger charge is -2.28. The Labute approximate surface area is 121 Å². The van der Waals surface area contributed by atoms with E-state index in [1.807, 2.05) is 19.1 Å². The van der Waals surface area contributed by atoms with Gasteiger partial charge in [0.1, 0.15) is 0 Å². The Hall–Kier alpha value is -1.55. The number of nitrogens with one attached hydrogen (secondary N) is 1. The molecule has 0 aliphatic carbocycles. The SMILES string of the molecule is Cc1cccc(N)c1C(=O)NCCC1CCN(C)CC1. The lowest BCUT2D eigenvalue weighted by atomic mass is 9.94. The summed E-state index contributed by atoms with van der Waals surface area (Å²) in [6.45, 7) is 5.00. The summed E-state index contributed by atoms with van der Waals surface area (Å²) < 4.78 is 0. The Bertz CT molecular complexity index is 445. The topological polar surface area (TPSA) is 58.4 Å². The predicted molar refractivity (Wildman–Crippen MR) is 82.8 cm³/mol. The largest absolute Gasteiger partial charge is 0.398 e. The molecule has 1 fully saturated rings. The number of benzene rings is 1. The van der Waals surface area contributed by atoms with Gasteiger partial charge in [-0.1, -0.05) is 12.1 Å². The number of nitrogens with zero attached hydrogens (tertiary/aromatic N) is 1. The fourth-order valence-electron chi connectivity index (χ4n) is 2.83. The van der Waals surface area contributed by atoms with E-state index in [0.717, 1.165) is 24.4 Å². The van der Waals surface area contributed by atoms with Crippen LogP contribution in [0.15, 0.2) is 18.2 Å². The summed E-state index contributed by atoms with van der Waals surface area (Å²) in [5, 5.41) is 3.01. The maximum atomic E-state index is 12.2. The van der Waals surface area contributed by atoms with Crippen LogP contribution in [0.2, 0.25) is 0 Å². The highest BCUT2D eigenvalue weighted by Crippen LogP contribution is 2.19. The van der Waals surface area contributed by atoms with Crippen molar-refractivity contribution in [3.63, 3.8) is 0 Å². The van der Waals surface area contributed by atoms with Crippen LogP contribution in [0.5, 0.6) is 0 Å². The molecule has 0 atom stereocenters. The highest BCUT2D eigenvalue weighted by atomic mass is 16.1. The quantitative estimate of drug-likeness (QED) is 0.827. The maximum absolute atomic E-state index is 12.2. The summed E-state index contributed by atoms with van der Waals surface area (Å²) in [6.07, 6.45) is 3.53. The third-order valence-electron chi connectivity index (χ3n) is 4.21. The molecule has 4 heteroatoms. The lowest BCUT2D eigenvalue weighted by Crippen LogP contribution is -2.33. The molecule has 0 saturated carbocycles.